The predicted octanol–water partition coefficient (Wildman–Crippen LogP) is 2.11. The van der Waals surface area contributed by atoms with Gasteiger partial charge in [0.1, 0.15) is 0 Å². The molecule has 0 aliphatic rings. The van der Waals surface area contributed by atoms with Crippen molar-refractivity contribution in [3.63, 3.8) is 0 Å². The van der Waals surface area contributed by atoms with Gasteiger partial charge in [0.15, 0.2) is 0 Å². The molecule has 82 valence electrons. The Morgan fingerprint density at radius 3 is 2.56 bits per heavy atom. The molecule has 3 heteroatoms. The molecule has 0 fully saturated rings. The minimum absolute atomic E-state index is 0.0377. The summed E-state index contributed by atoms with van der Waals surface area (Å²) in [4.78, 5) is 0. The first-order valence-corrected chi connectivity index (χ1v) is 5.42. The molecule has 0 saturated carbocycles. The maximum Gasteiger partial charge on any atom is 0.0543 e. The summed E-state index contributed by atoms with van der Waals surface area (Å²) in [6.45, 7) is 0. The number of hydrogen-bond acceptors (Lipinski definition) is 3. The number of aryl methyl sites for hydroxylation is 1. The van der Waals surface area contributed by atoms with Crippen LogP contribution < -0.4 is 5.73 Å². The molecule has 2 rings (SSSR count). The summed E-state index contributed by atoms with van der Waals surface area (Å²) >= 11 is 0. The second kappa shape index (κ2) is 5.37. The highest BCUT2D eigenvalue weighted by atomic mass is 15.1. The number of nitrogens with zero attached hydrogens (tertiary/aromatic N) is 2. The SMILES string of the molecule is NC(CCc1ccccc1)c1ccnnc1. The van der Waals surface area contributed by atoms with Gasteiger partial charge in [-0.15, -0.1) is 0 Å². The summed E-state index contributed by atoms with van der Waals surface area (Å²) in [5.41, 5.74) is 8.44. The Labute approximate surface area is 95.3 Å². The monoisotopic (exact) mass is 213 g/mol. The van der Waals surface area contributed by atoms with E-state index in [1.165, 1.54) is 5.56 Å². The Bertz CT molecular complexity index is 414. The van der Waals surface area contributed by atoms with E-state index in [0.717, 1.165) is 18.4 Å². The third-order valence-electron chi connectivity index (χ3n) is 2.62. The highest BCUT2D eigenvalue weighted by Crippen LogP contribution is 2.14. The average molecular weight is 213 g/mol. The van der Waals surface area contributed by atoms with Crippen LogP contribution in [0.5, 0.6) is 0 Å². The largest absolute Gasteiger partial charge is 0.324 e. The Morgan fingerprint density at radius 1 is 1.06 bits per heavy atom. The van der Waals surface area contributed by atoms with E-state index in [-0.39, 0.29) is 6.04 Å². The predicted molar refractivity (Wildman–Crippen MR) is 63.7 cm³/mol. The molecule has 0 radical (unpaired) electrons. The fourth-order valence-electron chi connectivity index (χ4n) is 1.65. The average Bonchev–Trinajstić information content (AvgIpc) is 2.38. The van der Waals surface area contributed by atoms with Gasteiger partial charge in [0.2, 0.25) is 0 Å². The standard InChI is InChI=1S/C13H15N3/c14-13(12-8-9-15-16-10-12)7-6-11-4-2-1-3-5-11/h1-5,8-10,13H,6-7,14H2. The molecular weight excluding hydrogens is 198 g/mol. The Hall–Kier alpha value is -1.74. The summed E-state index contributed by atoms with van der Waals surface area (Å²) in [6, 6.07) is 12.3. The van der Waals surface area contributed by atoms with Crippen molar-refractivity contribution in [3.8, 4) is 0 Å². The van der Waals surface area contributed by atoms with Crippen LogP contribution >= 0.6 is 0 Å². The third-order valence-corrected chi connectivity index (χ3v) is 2.62. The van der Waals surface area contributed by atoms with E-state index in [1.54, 1.807) is 12.4 Å². The van der Waals surface area contributed by atoms with E-state index >= 15 is 0 Å². The maximum atomic E-state index is 6.08. The second-order valence-electron chi connectivity index (χ2n) is 3.81. The van der Waals surface area contributed by atoms with Crippen molar-refractivity contribution in [2.45, 2.75) is 18.9 Å². The molecule has 2 N–H and O–H groups in total. The van der Waals surface area contributed by atoms with Crippen LogP contribution in [0.3, 0.4) is 0 Å². The Morgan fingerprint density at radius 2 is 1.88 bits per heavy atom. The lowest BCUT2D eigenvalue weighted by molar-refractivity contribution is 0.646. The molecule has 0 saturated heterocycles. The van der Waals surface area contributed by atoms with Gasteiger partial charge in [0, 0.05) is 12.2 Å². The van der Waals surface area contributed by atoms with Crippen molar-refractivity contribution in [1.82, 2.24) is 10.2 Å². The van der Waals surface area contributed by atoms with E-state index in [0.29, 0.717) is 0 Å². The molecule has 1 aromatic heterocycles. The number of nitrogens with two attached hydrogens (primary N) is 1. The molecule has 3 nitrogen and oxygen atoms in total. The number of aromatic nitrogens is 2. The first kappa shape index (κ1) is 10.8. The van der Waals surface area contributed by atoms with Crippen LogP contribution in [-0.2, 0) is 6.42 Å². The Kier molecular flexibility index (Phi) is 3.62. The molecule has 2 aromatic rings. The van der Waals surface area contributed by atoms with Crippen LogP contribution in [0.15, 0.2) is 48.8 Å². The minimum atomic E-state index is 0.0377. The van der Waals surface area contributed by atoms with Crippen molar-refractivity contribution in [2.75, 3.05) is 0 Å². The minimum Gasteiger partial charge on any atom is -0.324 e. The summed E-state index contributed by atoms with van der Waals surface area (Å²) in [6.07, 6.45) is 5.33. The molecule has 0 aliphatic carbocycles. The summed E-state index contributed by atoms with van der Waals surface area (Å²) in [7, 11) is 0. The van der Waals surface area contributed by atoms with E-state index in [1.807, 2.05) is 12.1 Å². The molecule has 0 spiro atoms. The molecule has 0 bridgehead atoms. The first-order chi connectivity index (χ1) is 7.86. The van der Waals surface area contributed by atoms with Crippen LogP contribution in [0.1, 0.15) is 23.6 Å². The zero-order valence-corrected chi connectivity index (χ0v) is 9.08. The lowest BCUT2D eigenvalue weighted by Crippen LogP contribution is -2.11. The fraction of sp³-hybridized carbons (Fsp3) is 0.231. The fourth-order valence-corrected chi connectivity index (χ4v) is 1.65. The van der Waals surface area contributed by atoms with Gasteiger partial charge in [-0.05, 0) is 30.0 Å². The number of hydrogen-bond donors (Lipinski definition) is 1. The van der Waals surface area contributed by atoms with Crippen LogP contribution in [0, 0.1) is 0 Å². The van der Waals surface area contributed by atoms with Gasteiger partial charge in [0.25, 0.3) is 0 Å². The molecule has 1 aromatic carbocycles. The zero-order chi connectivity index (χ0) is 11.2. The van der Waals surface area contributed by atoms with Gasteiger partial charge in [-0.25, -0.2) is 0 Å². The topological polar surface area (TPSA) is 51.8 Å². The molecule has 1 heterocycles. The lowest BCUT2D eigenvalue weighted by atomic mass is 10.0. The van der Waals surface area contributed by atoms with Crippen LogP contribution in [0.4, 0.5) is 0 Å². The zero-order valence-electron chi connectivity index (χ0n) is 9.08. The van der Waals surface area contributed by atoms with Crippen LogP contribution in [0.25, 0.3) is 0 Å². The normalized spacial score (nSPS) is 12.3. The van der Waals surface area contributed by atoms with Crippen molar-refractivity contribution < 1.29 is 0 Å². The molecule has 0 aliphatic heterocycles. The maximum absolute atomic E-state index is 6.08. The highest BCUT2D eigenvalue weighted by Gasteiger charge is 2.05. The van der Waals surface area contributed by atoms with E-state index in [4.69, 9.17) is 5.73 Å². The van der Waals surface area contributed by atoms with Gasteiger partial charge in [0.05, 0.1) is 6.20 Å². The smallest absolute Gasteiger partial charge is 0.0543 e. The Balaban J connectivity index is 1.92. The molecule has 1 atom stereocenters. The third kappa shape index (κ3) is 2.87. The van der Waals surface area contributed by atoms with Gasteiger partial charge in [-0.3, -0.25) is 0 Å². The van der Waals surface area contributed by atoms with Gasteiger partial charge < -0.3 is 5.73 Å². The van der Waals surface area contributed by atoms with Crippen LogP contribution in [0.2, 0.25) is 0 Å². The van der Waals surface area contributed by atoms with Crippen molar-refractivity contribution in [1.29, 1.82) is 0 Å². The summed E-state index contributed by atoms with van der Waals surface area (Å²) in [5.74, 6) is 0. The summed E-state index contributed by atoms with van der Waals surface area (Å²) in [5, 5.41) is 7.57. The highest BCUT2D eigenvalue weighted by molar-refractivity contribution is 5.16. The molecule has 16 heavy (non-hydrogen) atoms. The van der Waals surface area contributed by atoms with E-state index in [9.17, 15) is 0 Å². The van der Waals surface area contributed by atoms with Crippen molar-refractivity contribution >= 4 is 0 Å². The van der Waals surface area contributed by atoms with Gasteiger partial charge in [-0.1, -0.05) is 30.3 Å². The van der Waals surface area contributed by atoms with Crippen molar-refractivity contribution in [3.05, 3.63) is 59.9 Å². The van der Waals surface area contributed by atoms with Gasteiger partial charge in [-0.2, -0.15) is 10.2 Å². The lowest BCUT2D eigenvalue weighted by Gasteiger charge is -2.10. The number of benzene rings is 1. The van der Waals surface area contributed by atoms with E-state index < -0.39 is 0 Å². The first-order valence-electron chi connectivity index (χ1n) is 5.42. The van der Waals surface area contributed by atoms with Crippen molar-refractivity contribution in [2.24, 2.45) is 5.73 Å². The molecule has 0 amide bonds. The number of rotatable bonds is 4. The van der Waals surface area contributed by atoms with Crippen LogP contribution in [-0.4, -0.2) is 10.2 Å². The van der Waals surface area contributed by atoms with Gasteiger partial charge >= 0.3 is 0 Å². The van der Waals surface area contributed by atoms with E-state index in [2.05, 4.69) is 34.5 Å². The molecular formula is C13H15N3. The second-order valence-corrected chi connectivity index (χ2v) is 3.81. The molecule has 1 unspecified atom stereocenters. The summed E-state index contributed by atoms with van der Waals surface area (Å²) < 4.78 is 0. The quantitative estimate of drug-likeness (QED) is 0.846.